The van der Waals surface area contributed by atoms with Gasteiger partial charge in [-0.15, -0.1) is 11.6 Å². The summed E-state index contributed by atoms with van der Waals surface area (Å²) in [5, 5.41) is -0.123. The molecule has 0 heterocycles. The van der Waals surface area contributed by atoms with Gasteiger partial charge in [0.2, 0.25) is 10.0 Å². The highest BCUT2D eigenvalue weighted by Crippen LogP contribution is 2.25. The maximum absolute atomic E-state index is 12.0. The summed E-state index contributed by atoms with van der Waals surface area (Å²) in [5.74, 6) is 0. The molecule has 0 saturated heterocycles. The van der Waals surface area contributed by atoms with Gasteiger partial charge in [-0.25, -0.2) is 12.7 Å². The van der Waals surface area contributed by atoms with Crippen LogP contribution in [0.4, 0.5) is 0 Å². The number of benzene rings is 2. The number of sulfonamides is 1. The third-order valence-electron chi connectivity index (χ3n) is 3.28. The molecular weight excluding hydrogens is 306 g/mol. The molecule has 2 aromatic rings. The van der Waals surface area contributed by atoms with Crippen LogP contribution in [0.25, 0.3) is 0 Å². The molecule has 0 spiro atoms. The Bertz CT molecular complexity index is 682. The second-order valence-corrected chi connectivity index (χ2v) is 7.69. The minimum absolute atomic E-state index is 0.123. The molecule has 0 radical (unpaired) electrons. The summed E-state index contributed by atoms with van der Waals surface area (Å²) in [5.41, 5.74) is 2.07. The molecule has 0 bridgehead atoms. The lowest BCUT2D eigenvalue weighted by molar-refractivity contribution is 0.520. The minimum Gasteiger partial charge on any atom is -0.207 e. The summed E-state index contributed by atoms with van der Waals surface area (Å²) in [6.45, 7) is 0. The Morgan fingerprint density at radius 3 is 2.10 bits per heavy atom. The van der Waals surface area contributed by atoms with E-state index in [-0.39, 0.29) is 5.38 Å². The molecule has 0 fully saturated rings. The van der Waals surface area contributed by atoms with E-state index in [2.05, 4.69) is 0 Å². The van der Waals surface area contributed by atoms with E-state index in [0.29, 0.717) is 11.3 Å². The van der Waals surface area contributed by atoms with Crippen LogP contribution in [0.3, 0.4) is 0 Å². The van der Waals surface area contributed by atoms with Crippen LogP contribution in [0.1, 0.15) is 16.5 Å². The SMILES string of the molecule is CN(C)S(=O)(=O)c1ccc(CC(Cl)c2ccccc2)cc1. The molecule has 0 saturated carbocycles. The number of hydrogen-bond acceptors (Lipinski definition) is 2. The lowest BCUT2D eigenvalue weighted by Crippen LogP contribution is -2.22. The smallest absolute Gasteiger partial charge is 0.207 e. The fourth-order valence-corrected chi connectivity index (χ4v) is 3.22. The number of hydrogen-bond donors (Lipinski definition) is 0. The molecule has 1 unspecified atom stereocenters. The number of rotatable bonds is 5. The summed E-state index contributed by atoms with van der Waals surface area (Å²) in [6, 6.07) is 16.7. The van der Waals surface area contributed by atoms with Crippen LogP contribution in [0.15, 0.2) is 59.5 Å². The zero-order valence-corrected chi connectivity index (χ0v) is 13.6. The summed E-state index contributed by atoms with van der Waals surface area (Å²) in [4.78, 5) is 0.294. The molecule has 0 aliphatic heterocycles. The van der Waals surface area contributed by atoms with E-state index in [1.165, 1.54) is 18.4 Å². The Hall–Kier alpha value is -1.36. The molecule has 21 heavy (non-hydrogen) atoms. The van der Waals surface area contributed by atoms with E-state index >= 15 is 0 Å². The number of alkyl halides is 1. The normalized spacial score (nSPS) is 13.3. The predicted molar refractivity (Wildman–Crippen MR) is 86.1 cm³/mol. The first-order chi connectivity index (χ1) is 9.91. The lowest BCUT2D eigenvalue weighted by Gasteiger charge is -2.13. The molecule has 2 aromatic carbocycles. The van der Waals surface area contributed by atoms with E-state index in [1.54, 1.807) is 12.1 Å². The highest BCUT2D eigenvalue weighted by Gasteiger charge is 2.17. The largest absolute Gasteiger partial charge is 0.242 e. The summed E-state index contributed by atoms with van der Waals surface area (Å²) < 4.78 is 25.2. The Labute approximate surface area is 131 Å². The van der Waals surface area contributed by atoms with Crippen molar-refractivity contribution in [1.82, 2.24) is 4.31 Å². The Morgan fingerprint density at radius 2 is 1.57 bits per heavy atom. The molecule has 1 atom stereocenters. The average Bonchev–Trinajstić information content (AvgIpc) is 2.48. The Morgan fingerprint density at radius 1 is 1.00 bits per heavy atom. The second-order valence-electron chi connectivity index (χ2n) is 5.01. The van der Waals surface area contributed by atoms with Gasteiger partial charge in [-0.1, -0.05) is 42.5 Å². The first kappa shape index (κ1) is 16.0. The van der Waals surface area contributed by atoms with Crippen molar-refractivity contribution in [2.24, 2.45) is 0 Å². The maximum Gasteiger partial charge on any atom is 0.242 e. The van der Waals surface area contributed by atoms with Crippen molar-refractivity contribution in [3.8, 4) is 0 Å². The molecule has 0 amide bonds. The van der Waals surface area contributed by atoms with Gasteiger partial charge in [-0.2, -0.15) is 0 Å². The van der Waals surface area contributed by atoms with Crippen LogP contribution in [0.2, 0.25) is 0 Å². The van der Waals surface area contributed by atoms with Crippen LogP contribution in [0.5, 0.6) is 0 Å². The fourth-order valence-electron chi connectivity index (χ4n) is 1.99. The van der Waals surface area contributed by atoms with Crippen LogP contribution in [0, 0.1) is 0 Å². The third-order valence-corrected chi connectivity index (χ3v) is 5.51. The van der Waals surface area contributed by atoms with Crippen molar-refractivity contribution in [3.63, 3.8) is 0 Å². The number of nitrogens with zero attached hydrogens (tertiary/aromatic N) is 1. The van der Waals surface area contributed by atoms with Gasteiger partial charge < -0.3 is 0 Å². The molecule has 0 N–H and O–H groups in total. The van der Waals surface area contributed by atoms with E-state index in [9.17, 15) is 8.42 Å². The quantitative estimate of drug-likeness (QED) is 0.790. The zero-order valence-electron chi connectivity index (χ0n) is 12.0. The highest BCUT2D eigenvalue weighted by molar-refractivity contribution is 7.89. The highest BCUT2D eigenvalue weighted by atomic mass is 35.5. The summed E-state index contributed by atoms with van der Waals surface area (Å²) in [6.07, 6.45) is 0.661. The monoisotopic (exact) mass is 323 g/mol. The van der Waals surface area contributed by atoms with Crippen molar-refractivity contribution in [2.45, 2.75) is 16.7 Å². The van der Waals surface area contributed by atoms with Gasteiger partial charge in [0, 0.05) is 14.1 Å². The molecule has 3 nitrogen and oxygen atoms in total. The zero-order chi connectivity index (χ0) is 15.5. The first-order valence-corrected chi connectivity index (χ1v) is 8.49. The standard InChI is InChI=1S/C16H18ClNO2S/c1-18(2)21(19,20)15-10-8-13(9-11-15)12-16(17)14-6-4-3-5-7-14/h3-11,16H,12H2,1-2H3. The van der Waals surface area contributed by atoms with Gasteiger partial charge in [0.15, 0.2) is 0 Å². The van der Waals surface area contributed by atoms with Gasteiger partial charge in [0.1, 0.15) is 0 Å². The topological polar surface area (TPSA) is 37.4 Å². The second kappa shape index (κ2) is 6.60. The van der Waals surface area contributed by atoms with Gasteiger partial charge in [0.25, 0.3) is 0 Å². The van der Waals surface area contributed by atoms with Gasteiger partial charge in [-0.05, 0) is 29.7 Å². The first-order valence-electron chi connectivity index (χ1n) is 6.62. The Kier molecular flexibility index (Phi) is 5.04. The van der Waals surface area contributed by atoms with Crippen LogP contribution >= 0.6 is 11.6 Å². The molecule has 112 valence electrons. The molecule has 5 heteroatoms. The number of halogens is 1. The van der Waals surface area contributed by atoms with Gasteiger partial charge in [-0.3, -0.25) is 0 Å². The molecular formula is C16H18ClNO2S. The molecule has 0 aliphatic carbocycles. The lowest BCUT2D eigenvalue weighted by atomic mass is 10.0. The van der Waals surface area contributed by atoms with E-state index in [0.717, 1.165) is 11.1 Å². The van der Waals surface area contributed by atoms with Gasteiger partial charge in [0.05, 0.1) is 10.3 Å². The molecule has 0 aromatic heterocycles. The molecule has 2 rings (SSSR count). The van der Waals surface area contributed by atoms with Crippen LogP contribution in [-0.4, -0.2) is 26.8 Å². The minimum atomic E-state index is -3.37. The van der Waals surface area contributed by atoms with Crippen LogP contribution in [-0.2, 0) is 16.4 Å². The van der Waals surface area contributed by atoms with Crippen LogP contribution < -0.4 is 0 Å². The fraction of sp³-hybridized carbons (Fsp3) is 0.250. The Balaban J connectivity index is 2.14. The predicted octanol–water partition coefficient (Wildman–Crippen LogP) is 3.46. The van der Waals surface area contributed by atoms with Crippen molar-refractivity contribution < 1.29 is 8.42 Å². The summed E-state index contributed by atoms with van der Waals surface area (Å²) >= 11 is 6.39. The van der Waals surface area contributed by atoms with E-state index in [4.69, 9.17) is 11.6 Å². The summed E-state index contributed by atoms with van der Waals surface area (Å²) in [7, 11) is -0.331. The third kappa shape index (κ3) is 3.84. The van der Waals surface area contributed by atoms with Gasteiger partial charge >= 0.3 is 0 Å². The van der Waals surface area contributed by atoms with Crippen molar-refractivity contribution in [1.29, 1.82) is 0 Å². The molecule has 0 aliphatic rings. The van der Waals surface area contributed by atoms with E-state index in [1.807, 2.05) is 42.5 Å². The van der Waals surface area contributed by atoms with Crippen molar-refractivity contribution >= 4 is 21.6 Å². The van der Waals surface area contributed by atoms with Crippen molar-refractivity contribution in [3.05, 3.63) is 65.7 Å². The van der Waals surface area contributed by atoms with E-state index < -0.39 is 10.0 Å². The average molecular weight is 324 g/mol. The maximum atomic E-state index is 12.0. The van der Waals surface area contributed by atoms with Crippen molar-refractivity contribution in [2.75, 3.05) is 14.1 Å².